The van der Waals surface area contributed by atoms with Gasteiger partial charge in [0.25, 0.3) is 5.91 Å². The minimum atomic E-state index is -1.61. The maximum absolute atomic E-state index is 13.8. The predicted octanol–water partition coefficient (Wildman–Crippen LogP) is -0.0489. The van der Waals surface area contributed by atoms with Gasteiger partial charge in [0.05, 0.1) is 23.8 Å². The summed E-state index contributed by atoms with van der Waals surface area (Å²) in [5.41, 5.74) is 9.10. The van der Waals surface area contributed by atoms with Crippen LogP contribution in [0.3, 0.4) is 0 Å². The molecule has 44 heavy (non-hydrogen) atoms. The first-order chi connectivity index (χ1) is 20.8. The maximum Gasteiger partial charge on any atom is 0.251 e. The second-order valence-electron chi connectivity index (χ2n) is 12.2. The Balaban J connectivity index is 1.55. The van der Waals surface area contributed by atoms with Crippen LogP contribution in [0.15, 0.2) is 54.4 Å². The van der Waals surface area contributed by atoms with E-state index in [4.69, 9.17) is 17.3 Å². The summed E-state index contributed by atoms with van der Waals surface area (Å²) in [6.07, 6.45) is 2.54. The molecule has 2 aromatic rings. The van der Waals surface area contributed by atoms with Gasteiger partial charge < -0.3 is 42.2 Å². The molecule has 4 amide bonds. The molecule has 1 heterocycles. The van der Waals surface area contributed by atoms with Crippen molar-refractivity contribution in [2.45, 2.75) is 81.7 Å². The van der Waals surface area contributed by atoms with Crippen LogP contribution in [0.2, 0.25) is 0 Å². The molecule has 13 nitrogen and oxygen atoms in total. The Labute approximate surface area is 256 Å². The van der Waals surface area contributed by atoms with Crippen molar-refractivity contribution in [1.82, 2.24) is 20.5 Å². The van der Waals surface area contributed by atoms with Gasteiger partial charge in [0.2, 0.25) is 17.7 Å². The zero-order chi connectivity index (χ0) is 32.2. The van der Waals surface area contributed by atoms with Crippen molar-refractivity contribution in [2.24, 2.45) is 17.3 Å². The van der Waals surface area contributed by atoms with Crippen LogP contribution in [0.4, 0.5) is 0 Å². The minimum absolute atomic E-state index is 0.0158. The summed E-state index contributed by atoms with van der Waals surface area (Å²) in [6.45, 7) is 2.60. The number of nitrogens with zero attached hydrogens (tertiary/aromatic N) is 2. The number of nitrogens with one attached hydrogen (secondary N) is 2. The SMILES string of the molecule is CC(C)(O)/C(=C/N)N(N)C1CC(C(=O)NC2(C(O)C(N)=O)CCCCC2)N(C(=O)CNC(=O)c2ccc3ccccc3c2)C1. The number of hydrazine groups is 1. The zero-order valence-electron chi connectivity index (χ0n) is 25.2. The van der Waals surface area contributed by atoms with Crippen LogP contribution in [0.1, 0.15) is 62.7 Å². The van der Waals surface area contributed by atoms with Crippen molar-refractivity contribution in [3.8, 4) is 0 Å². The lowest BCUT2D eigenvalue weighted by Crippen LogP contribution is -2.64. The van der Waals surface area contributed by atoms with Crippen molar-refractivity contribution in [3.05, 3.63) is 59.9 Å². The molecule has 2 fully saturated rings. The van der Waals surface area contributed by atoms with Gasteiger partial charge in [-0.25, -0.2) is 5.84 Å². The van der Waals surface area contributed by atoms with Gasteiger partial charge in [0.15, 0.2) is 6.10 Å². The lowest BCUT2D eigenvalue weighted by Gasteiger charge is -2.41. The number of fused-ring (bicyclic) bond motifs is 1. The van der Waals surface area contributed by atoms with Gasteiger partial charge in [-0.2, -0.15) is 0 Å². The van der Waals surface area contributed by atoms with Gasteiger partial charge in [-0.3, -0.25) is 19.2 Å². The Kier molecular flexibility index (Phi) is 9.81. The number of rotatable bonds is 10. The summed E-state index contributed by atoms with van der Waals surface area (Å²) in [7, 11) is 0. The van der Waals surface area contributed by atoms with E-state index in [9.17, 15) is 29.4 Å². The summed E-state index contributed by atoms with van der Waals surface area (Å²) in [5, 5.41) is 29.9. The number of likely N-dealkylation sites (tertiary alicyclic amines) is 1. The maximum atomic E-state index is 13.8. The highest BCUT2D eigenvalue weighted by Crippen LogP contribution is 2.33. The van der Waals surface area contributed by atoms with E-state index in [1.165, 1.54) is 30.0 Å². The fourth-order valence-electron chi connectivity index (χ4n) is 6.28. The number of primary amides is 1. The number of aliphatic hydroxyl groups is 2. The first-order valence-electron chi connectivity index (χ1n) is 14.8. The molecule has 3 atom stereocenters. The lowest BCUT2D eigenvalue weighted by molar-refractivity contribution is -0.142. The van der Waals surface area contributed by atoms with Crippen LogP contribution >= 0.6 is 0 Å². The number of benzene rings is 2. The Bertz CT molecular complexity index is 1430. The van der Waals surface area contributed by atoms with Crippen LogP contribution in [-0.4, -0.2) is 86.2 Å². The number of nitrogens with two attached hydrogens (primary N) is 3. The van der Waals surface area contributed by atoms with Crippen molar-refractivity contribution in [2.75, 3.05) is 13.1 Å². The topological polar surface area (TPSA) is 217 Å². The molecule has 238 valence electrons. The third-order valence-electron chi connectivity index (χ3n) is 8.68. The van der Waals surface area contributed by atoms with Gasteiger partial charge >= 0.3 is 0 Å². The molecule has 10 N–H and O–H groups in total. The second kappa shape index (κ2) is 13.2. The molecule has 2 aliphatic rings. The number of aliphatic hydroxyl groups excluding tert-OH is 1. The zero-order valence-corrected chi connectivity index (χ0v) is 25.2. The molecule has 1 saturated heterocycles. The van der Waals surface area contributed by atoms with Gasteiger partial charge in [0.1, 0.15) is 11.6 Å². The molecule has 0 radical (unpaired) electrons. The number of hydrogen-bond donors (Lipinski definition) is 7. The lowest BCUT2D eigenvalue weighted by atomic mass is 9.77. The molecule has 0 spiro atoms. The van der Waals surface area contributed by atoms with Crippen molar-refractivity contribution in [1.29, 1.82) is 0 Å². The van der Waals surface area contributed by atoms with E-state index >= 15 is 0 Å². The van der Waals surface area contributed by atoms with Crippen molar-refractivity contribution < 1.29 is 29.4 Å². The summed E-state index contributed by atoms with van der Waals surface area (Å²) < 4.78 is 0. The Morgan fingerprint density at radius 3 is 2.39 bits per heavy atom. The van der Waals surface area contributed by atoms with Crippen LogP contribution in [0, 0.1) is 0 Å². The van der Waals surface area contributed by atoms with Crippen LogP contribution in [-0.2, 0) is 14.4 Å². The summed E-state index contributed by atoms with van der Waals surface area (Å²) >= 11 is 0. The molecule has 0 bridgehead atoms. The van der Waals surface area contributed by atoms with Gasteiger partial charge in [-0.05, 0) is 49.6 Å². The predicted molar refractivity (Wildman–Crippen MR) is 164 cm³/mol. The summed E-state index contributed by atoms with van der Waals surface area (Å²) in [6, 6.07) is 11.1. The largest absolute Gasteiger partial charge is 0.403 e. The van der Waals surface area contributed by atoms with E-state index < -0.39 is 59.5 Å². The van der Waals surface area contributed by atoms with Crippen LogP contribution in [0.25, 0.3) is 10.8 Å². The van der Waals surface area contributed by atoms with E-state index in [1.807, 2.05) is 30.3 Å². The average molecular weight is 610 g/mol. The Hall–Kier alpha value is -4.20. The monoisotopic (exact) mass is 609 g/mol. The quantitative estimate of drug-likeness (QED) is 0.142. The number of carbonyl (C=O) groups is 4. The molecule has 3 unspecified atom stereocenters. The van der Waals surface area contributed by atoms with Crippen LogP contribution < -0.4 is 27.9 Å². The normalized spacial score (nSPS) is 21.0. The number of amides is 4. The molecule has 0 aromatic heterocycles. The Morgan fingerprint density at radius 2 is 1.77 bits per heavy atom. The highest BCUT2D eigenvalue weighted by atomic mass is 16.3. The fraction of sp³-hybridized carbons (Fsp3) is 0.484. The first kappa shape index (κ1) is 32.7. The van der Waals surface area contributed by atoms with E-state index in [0.717, 1.165) is 17.2 Å². The van der Waals surface area contributed by atoms with Gasteiger partial charge in [-0.15, -0.1) is 0 Å². The standard InChI is InChI=1S/C31H43N7O6/c1-30(2,44)24(16-32)38(34)22-15-23(29(43)36-31(26(40)27(33)41)12-6-3-7-13-31)37(18-22)25(39)17-35-28(42)21-11-10-19-8-4-5-9-20(19)14-21/h4-5,8-11,14,16,22-23,26,40,44H,3,6-7,12-13,15,17-18,32,34H2,1-2H3,(H2,33,41)(H,35,42)(H,36,43)/b24-16-. The minimum Gasteiger partial charge on any atom is -0.403 e. The molecule has 4 rings (SSSR count). The number of carbonyl (C=O) groups excluding carboxylic acids is 4. The molecule has 1 saturated carbocycles. The fourth-order valence-corrected chi connectivity index (χ4v) is 6.28. The van der Waals surface area contributed by atoms with Crippen molar-refractivity contribution >= 4 is 34.4 Å². The molecular formula is C31H43N7O6. The van der Waals surface area contributed by atoms with Gasteiger partial charge in [0, 0.05) is 24.7 Å². The molecule has 1 aliphatic carbocycles. The third-order valence-corrected chi connectivity index (χ3v) is 8.68. The highest BCUT2D eigenvalue weighted by molar-refractivity contribution is 6.00. The summed E-state index contributed by atoms with van der Waals surface area (Å²) in [4.78, 5) is 53.7. The number of hydrogen-bond acceptors (Lipinski definition) is 9. The van der Waals surface area contributed by atoms with E-state index in [0.29, 0.717) is 31.2 Å². The Morgan fingerprint density at radius 1 is 1.11 bits per heavy atom. The van der Waals surface area contributed by atoms with E-state index in [2.05, 4.69) is 10.6 Å². The molecule has 13 heteroatoms. The summed E-state index contributed by atoms with van der Waals surface area (Å²) in [5.74, 6) is 3.85. The molecule has 1 aliphatic heterocycles. The third kappa shape index (κ3) is 6.95. The highest BCUT2D eigenvalue weighted by Gasteiger charge is 2.48. The first-order valence-corrected chi connectivity index (χ1v) is 14.8. The van der Waals surface area contributed by atoms with Crippen molar-refractivity contribution in [3.63, 3.8) is 0 Å². The van der Waals surface area contributed by atoms with Crippen LogP contribution in [0.5, 0.6) is 0 Å². The van der Waals surface area contributed by atoms with Gasteiger partial charge in [-0.1, -0.05) is 49.6 Å². The average Bonchev–Trinajstić information content (AvgIpc) is 3.45. The smallest absolute Gasteiger partial charge is 0.251 e. The molecular weight excluding hydrogens is 566 g/mol. The van der Waals surface area contributed by atoms with E-state index in [-0.39, 0.29) is 18.7 Å². The second-order valence-corrected chi connectivity index (χ2v) is 12.2. The van der Waals surface area contributed by atoms with E-state index in [1.54, 1.807) is 12.1 Å². The molecule has 2 aromatic carbocycles.